The molecule has 1 spiro atoms. The number of ether oxygens (including phenoxy) is 3. The van der Waals surface area contributed by atoms with Crippen molar-refractivity contribution in [1.82, 2.24) is 20.4 Å². The summed E-state index contributed by atoms with van der Waals surface area (Å²) in [6.07, 6.45) is 3.25. The highest BCUT2D eigenvalue weighted by Gasteiger charge is 2.55. The maximum absolute atomic E-state index is 13.9. The molecular weight excluding hydrogens is 600 g/mol. The van der Waals surface area contributed by atoms with Crippen LogP contribution >= 0.6 is 0 Å². The van der Waals surface area contributed by atoms with Gasteiger partial charge in [-0.3, -0.25) is 19.3 Å². The van der Waals surface area contributed by atoms with E-state index in [2.05, 4.69) is 22.5 Å². The van der Waals surface area contributed by atoms with Crippen LogP contribution in [0.2, 0.25) is 0 Å². The van der Waals surface area contributed by atoms with E-state index < -0.39 is 17.7 Å². The molecule has 3 fully saturated rings. The highest BCUT2D eigenvalue weighted by Crippen LogP contribution is 2.36. The van der Waals surface area contributed by atoms with Gasteiger partial charge in [0.25, 0.3) is 5.91 Å². The fourth-order valence-electron chi connectivity index (χ4n) is 6.90. The molecule has 0 bridgehead atoms. The van der Waals surface area contributed by atoms with E-state index in [1.807, 2.05) is 38.1 Å². The van der Waals surface area contributed by atoms with Crippen molar-refractivity contribution >= 4 is 17.7 Å². The summed E-state index contributed by atoms with van der Waals surface area (Å²) in [5.41, 5.74) is 0.710. The van der Waals surface area contributed by atoms with Crippen LogP contribution in [-0.4, -0.2) is 96.3 Å². The van der Waals surface area contributed by atoms with Crippen molar-refractivity contribution in [3.05, 3.63) is 53.6 Å². The van der Waals surface area contributed by atoms with Crippen molar-refractivity contribution in [2.45, 2.75) is 89.6 Å². The molecule has 47 heavy (non-hydrogen) atoms. The van der Waals surface area contributed by atoms with Gasteiger partial charge < -0.3 is 34.9 Å². The molecule has 3 saturated heterocycles. The monoisotopic (exact) mass is 650 g/mol. The minimum absolute atomic E-state index is 0.0282. The Hall–Kier alpha value is -3.67. The molecule has 0 radical (unpaired) electrons. The Morgan fingerprint density at radius 2 is 1.79 bits per heavy atom. The number of benzene rings is 2. The van der Waals surface area contributed by atoms with Crippen LogP contribution in [0.15, 0.2) is 42.5 Å². The average Bonchev–Trinajstić information content (AvgIpc) is 3.08. The van der Waals surface area contributed by atoms with E-state index in [1.54, 1.807) is 30.2 Å². The Morgan fingerprint density at radius 1 is 1.09 bits per heavy atom. The van der Waals surface area contributed by atoms with Crippen LogP contribution in [0.1, 0.15) is 75.2 Å². The molecule has 11 nitrogen and oxygen atoms in total. The third-order valence-corrected chi connectivity index (χ3v) is 9.67. The minimum atomic E-state index is -0.916. The zero-order valence-corrected chi connectivity index (χ0v) is 28.1. The molecular formula is C36H50N4O7. The summed E-state index contributed by atoms with van der Waals surface area (Å²) >= 11 is 0. The Kier molecular flexibility index (Phi) is 11.4. The predicted octanol–water partition coefficient (Wildman–Crippen LogP) is 3.87. The number of aliphatic hydroxyl groups is 1. The van der Waals surface area contributed by atoms with Gasteiger partial charge in [0, 0.05) is 51.0 Å². The van der Waals surface area contributed by atoms with Gasteiger partial charge in [0.05, 0.1) is 13.2 Å². The molecule has 11 heteroatoms. The molecule has 3 aliphatic rings. The summed E-state index contributed by atoms with van der Waals surface area (Å²) in [4.78, 5) is 44.1. The van der Waals surface area contributed by atoms with Gasteiger partial charge in [-0.05, 0) is 87.8 Å². The molecule has 3 N–H and O–H groups in total. The first-order chi connectivity index (χ1) is 22.6. The minimum Gasteiger partial charge on any atom is -0.493 e. The second kappa shape index (κ2) is 15.5. The number of carbonyl (C=O) groups excluding carboxylic acids is 3. The number of unbranched alkanes of at least 4 members (excludes halogenated alkanes) is 1. The van der Waals surface area contributed by atoms with Crippen molar-refractivity contribution in [2.24, 2.45) is 5.92 Å². The number of hydrogen-bond acceptors (Lipinski definition) is 8. The lowest BCUT2D eigenvalue weighted by Crippen LogP contribution is -2.75. The zero-order valence-electron chi connectivity index (χ0n) is 28.1. The highest BCUT2D eigenvalue weighted by atomic mass is 16.5. The summed E-state index contributed by atoms with van der Waals surface area (Å²) in [5.74, 6) is 1.08. The van der Waals surface area contributed by atoms with Gasteiger partial charge in [-0.15, -0.1) is 0 Å². The number of hydrogen-bond donors (Lipinski definition) is 3. The molecule has 3 amide bonds. The van der Waals surface area contributed by atoms with Crippen molar-refractivity contribution in [3.63, 3.8) is 0 Å². The molecule has 0 aliphatic carbocycles. The van der Waals surface area contributed by atoms with E-state index in [-0.39, 0.29) is 29.7 Å². The number of aliphatic hydroxyl groups excluding tert-OH is 1. The molecule has 5 rings (SSSR count). The summed E-state index contributed by atoms with van der Waals surface area (Å²) in [6.45, 7) is 9.58. The quantitative estimate of drug-likeness (QED) is 0.316. The van der Waals surface area contributed by atoms with Crippen LogP contribution in [0.5, 0.6) is 17.2 Å². The highest BCUT2D eigenvalue weighted by molar-refractivity contribution is 6.00. The largest absolute Gasteiger partial charge is 0.493 e. The molecule has 0 unspecified atom stereocenters. The van der Waals surface area contributed by atoms with Crippen molar-refractivity contribution < 1.29 is 33.7 Å². The Balaban J connectivity index is 1.20. The number of methoxy groups -OCH3 is 1. The summed E-state index contributed by atoms with van der Waals surface area (Å²) in [6, 6.07) is 12.1. The number of amides is 3. The van der Waals surface area contributed by atoms with Crippen LogP contribution in [0.3, 0.4) is 0 Å². The van der Waals surface area contributed by atoms with Gasteiger partial charge in [0.1, 0.15) is 17.3 Å². The predicted molar refractivity (Wildman–Crippen MR) is 177 cm³/mol. The number of nitrogens with one attached hydrogen (secondary N) is 2. The fourth-order valence-corrected chi connectivity index (χ4v) is 6.90. The number of piperidine rings is 1. The fraction of sp³-hybridized carbons (Fsp3) is 0.583. The lowest BCUT2D eigenvalue weighted by molar-refractivity contribution is -0.166. The normalized spacial score (nSPS) is 21.1. The number of carbonyl (C=O) groups is 3. The van der Waals surface area contributed by atoms with Crippen LogP contribution in [0.25, 0.3) is 0 Å². The standard InChI is InChI=1S/C36H50N4O7/c1-5-6-17-40-34(43)31(32(41)26-13-20-46-21-14-26)38-35(44)36(40)15-18-39(19-16-36)23-25-7-10-28(11-8-25)47-29-12-9-27(22-30(29)45-4)33(42)37-24(2)3/h7-12,22,24,26,31-32,41H,5-6,13-21,23H2,1-4H3,(H,37,42)(H,38,44)/t31-,32-/m1/s1. The lowest BCUT2D eigenvalue weighted by Gasteiger charge is -2.52. The smallest absolute Gasteiger partial charge is 0.251 e. The van der Waals surface area contributed by atoms with Gasteiger partial charge in [-0.1, -0.05) is 25.5 Å². The molecule has 2 aromatic carbocycles. The number of likely N-dealkylation sites (tertiary alicyclic amines) is 1. The molecule has 2 atom stereocenters. The first-order valence-corrected chi connectivity index (χ1v) is 17.0. The first-order valence-electron chi connectivity index (χ1n) is 17.0. The van der Waals surface area contributed by atoms with Crippen LogP contribution in [0.4, 0.5) is 0 Å². The van der Waals surface area contributed by atoms with Crippen molar-refractivity contribution in [3.8, 4) is 17.2 Å². The second-order valence-electron chi connectivity index (χ2n) is 13.3. The van der Waals surface area contributed by atoms with Crippen molar-refractivity contribution in [2.75, 3.05) is 40.0 Å². The third kappa shape index (κ3) is 7.90. The maximum atomic E-state index is 13.9. The van der Waals surface area contributed by atoms with Gasteiger partial charge >= 0.3 is 0 Å². The van der Waals surface area contributed by atoms with Gasteiger partial charge in [-0.2, -0.15) is 0 Å². The maximum Gasteiger partial charge on any atom is 0.251 e. The van der Waals surface area contributed by atoms with Crippen LogP contribution < -0.4 is 20.1 Å². The molecule has 3 aliphatic heterocycles. The summed E-state index contributed by atoms with van der Waals surface area (Å²) in [5, 5.41) is 17.0. The van der Waals surface area contributed by atoms with Gasteiger partial charge in [0.2, 0.25) is 11.8 Å². The Labute approximate surface area is 277 Å². The molecule has 2 aromatic rings. The molecule has 0 saturated carbocycles. The third-order valence-electron chi connectivity index (χ3n) is 9.67. The molecule has 256 valence electrons. The Bertz CT molecular complexity index is 1380. The van der Waals surface area contributed by atoms with E-state index in [0.717, 1.165) is 18.4 Å². The lowest BCUT2D eigenvalue weighted by atomic mass is 9.79. The first kappa shape index (κ1) is 34.7. The van der Waals surface area contributed by atoms with Gasteiger partial charge in [-0.25, -0.2) is 0 Å². The van der Waals surface area contributed by atoms with E-state index in [1.165, 1.54) is 0 Å². The van der Waals surface area contributed by atoms with Crippen molar-refractivity contribution in [1.29, 1.82) is 0 Å². The summed E-state index contributed by atoms with van der Waals surface area (Å²) in [7, 11) is 1.54. The molecule has 0 aromatic heterocycles. The van der Waals surface area contributed by atoms with Gasteiger partial charge in [0.15, 0.2) is 11.5 Å². The molecule has 3 heterocycles. The van der Waals surface area contributed by atoms with E-state index in [4.69, 9.17) is 14.2 Å². The SMILES string of the molecule is CCCCN1C(=O)[C@@H]([C@H](O)C2CCOCC2)NC(=O)C12CCN(Cc1ccc(Oc3ccc(C(=O)NC(C)C)cc3OC)cc1)CC2. The van der Waals surface area contributed by atoms with Crippen LogP contribution in [0, 0.1) is 5.92 Å². The zero-order chi connectivity index (χ0) is 33.6. The van der Waals surface area contributed by atoms with E-state index >= 15 is 0 Å². The number of piperazine rings is 1. The average molecular weight is 651 g/mol. The topological polar surface area (TPSA) is 130 Å². The Morgan fingerprint density at radius 3 is 2.43 bits per heavy atom. The summed E-state index contributed by atoms with van der Waals surface area (Å²) < 4.78 is 17.0. The van der Waals surface area contributed by atoms with E-state index in [0.29, 0.717) is 87.9 Å². The van der Waals surface area contributed by atoms with E-state index in [9.17, 15) is 19.5 Å². The second-order valence-corrected chi connectivity index (χ2v) is 13.3. The van der Waals surface area contributed by atoms with Crippen LogP contribution in [-0.2, 0) is 20.9 Å². The number of rotatable bonds is 12. The number of nitrogens with zero attached hydrogens (tertiary/aromatic N) is 2.